The van der Waals surface area contributed by atoms with E-state index in [0.29, 0.717) is 22.3 Å². The largest absolute Gasteiger partial charge is 0.508 e. The molecule has 2 aromatic rings. The van der Waals surface area contributed by atoms with Gasteiger partial charge in [-0.15, -0.1) is 0 Å². The van der Waals surface area contributed by atoms with Gasteiger partial charge in [0.15, 0.2) is 0 Å². The Bertz CT molecular complexity index is 903. The number of hydrogen-bond donors (Lipinski definition) is 6. The molecule has 4 atom stereocenters. The zero-order chi connectivity index (χ0) is 23.0. The van der Waals surface area contributed by atoms with Crippen molar-refractivity contribution in [2.45, 2.75) is 51.5 Å². The summed E-state index contributed by atoms with van der Waals surface area (Å²) < 4.78 is 5.82. The van der Waals surface area contributed by atoms with Crippen LogP contribution in [0, 0.1) is 0 Å². The van der Waals surface area contributed by atoms with E-state index in [9.17, 15) is 30.6 Å². The number of phenols is 2. The summed E-state index contributed by atoms with van der Waals surface area (Å²) in [7, 11) is 0. The molecule has 0 fully saturated rings. The molecule has 0 amide bonds. The monoisotopic (exact) mass is 430 g/mol. The molecule has 7 heteroatoms. The highest BCUT2D eigenvalue weighted by Crippen LogP contribution is 2.26. The maximum Gasteiger partial charge on any atom is 0.121 e. The normalized spacial score (nSPS) is 15.9. The molecule has 6 N–H and O–H groups in total. The first kappa shape index (κ1) is 24.6. The van der Waals surface area contributed by atoms with Crippen molar-refractivity contribution in [2.75, 3.05) is 0 Å². The lowest BCUT2D eigenvalue weighted by atomic mass is 10.0. The highest BCUT2D eigenvalue weighted by Gasteiger charge is 2.16. The zero-order valence-corrected chi connectivity index (χ0v) is 17.6. The van der Waals surface area contributed by atoms with Gasteiger partial charge in [-0.1, -0.05) is 48.6 Å². The third-order valence-corrected chi connectivity index (χ3v) is 4.86. The highest BCUT2D eigenvalue weighted by atomic mass is 16.5. The van der Waals surface area contributed by atoms with Crippen LogP contribution in [0.2, 0.25) is 0 Å². The van der Waals surface area contributed by atoms with Crippen LogP contribution >= 0.6 is 0 Å². The maximum atomic E-state index is 10.3. The van der Waals surface area contributed by atoms with Crippen LogP contribution in [0.4, 0.5) is 0 Å². The van der Waals surface area contributed by atoms with Crippen LogP contribution in [0.1, 0.15) is 36.1 Å². The standard InChI is InChI=1S/C24H30O7/c1-15(26)21(28)11-9-18-6-4-8-23(30)20(18)14-31-24(16(2)27)12-10-17-5-3-7-22(29)19(17)13-25/h3-12,15-16,21,24-30H,13-14H2,1-2H3. The molecule has 0 aliphatic rings. The fraction of sp³-hybridized carbons (Fsp3) is 0.333. The topological polar surface area (TPSA) is 131 Å². The first-order valence-electron chi connectivity index (χ1n) is 9.99. The highest BCUT2D eigenvalue weighted by molar-refractivity contribution is 5.59. The second kappa shape index (κ2) is 11.6. The van der Waals surface area contributed by atoms with Gasteiger partial charge in [0.1, 0.15) is 17.6 Å². The van der Waals surface area contributed by atoms with E-state index >= 15 is 0 Å². The molecule has 0 aromatic heterocycles. The Morgan fingerprint density at radius 2 is 1.35 bits per heavy atom. The van der Waals surface area contributed by atoms with Crippen molar-refractivity contribution in [1.82, 2.24) is 0 Å². The molecular formula is C24H30O7. The quantitative estimate of drug-likeness (QED) is 0.341. The van der Waals surface area contributed by atoms with E-state index < -0.39 is 24.4 Å². The molecule has 0 bridgehead atoms. The van der Waals surface area contributed by atoms with Gasteiger partial charge in [-0.3, -0.25) is 0 Å². The first-order valence-corrected chi connectivity index (χ1v) is 9.99. The van der Waals surface area contributed by atoms with Gasteiger partial charge in [0.2, 0.25) is 0 Å². The Labute approximate surface area is 181 Å². The molecule has 2 aromatic carbocycles. The Morgan fingerprint density at radius 3 is 1.90 bits per heavy atom. The van der Waals surface area contributed by atoms with E-state index in [4.69, 9.17) is 4.74 Å². The minimum absolute atomic E-state index is 0.00226. The molecule has 0 radical (unpaired) electrons. The molecule has 168 valence electrons. The van der Waals surface area contributed by atoms with Gasteiger partial charge in [-0.05, 0) is 37.1 Å². The minimum atomic E-state index is -1.05. The number of aliphatic hydroxyl groups is 4. The van der Waals surface area contributed by atoms with Crippen molar-refractivity contribution in [2.24, 2.45) is 0 Å². The molecule has 0 spiro atoms. The summed E-state index contributed by atoms with van der Waals surface area (Å²) >= 11 is 0. The van der Waals surface area contributed by atoms with Crippen molar-refractivity contribution in [3.8, 4) is 11.5 Å². The lowest BCUT2D eigenvalue weighted by Crippen LogP contribution is -2.24. The summed E-state index contributed by atoms with van der Waals surface area (Å²) in [5, 5.41) is 58.9. The number of benzene rings is 2. The van der Waals surface area contributed by atoms with Gasteiger partial charge in [0.05, 0.1) is 31.5 Å². The third-order valence-electron chi connectivity index (χ3n) is 4.86. The van der Waals surface area contributed by atoms with Crippen molar-refractivity contribution >= 4 is 12.2 Å². The average molecular weight is 430 g/mol. The van der Waals surface area contributed by atoms with Gasteiger partial charge in [0.25, 0.3) is 0 Å². The molecule has 0 aliphatic carbocycles. The van der Waals surface area contributed by atoms with Crippen molar-refractivity contribution in [1.29, 1.82) is 0 Å². The second-order valence-electron chi connectivity index (χ2n) is 7.31. The van der Waals surface area contributed by atoms with Gasteiger partial charge in [0, 0.05) is 11.1 Å². The van der Waals surface area contributed by atoms with E-state index in [1.54, 1.807) is 49.4 Å². The lowest BCUT2D eigenvalue weighted by molar-refractivity contribution is -0.0102. The van der Waals surface area contributed by atoms with Crippen molar-refractivity contribution < 1.29 is 35.4 Å². The lowest BCUT2D eigenvalue weighted by Gasteiger charge is -2.19. The summed E-state index contributed by atoms with van der Waals surface area (Å²) in [6.07, 6.45) is 2.70. The molecule has 0 saturated heterocycles. The molecule has 0 heterocycles. The molecule has 4 unspecified atom stereocenters. The average Bonchev–Trinajstić information content (AvgIpc) is 2.72. The van der Waals surface area contributed by atoms with Gasteiger partial charge < -0.3 is 35.4 Å². The van der Waals surface area contributed by atoms with Gasteiger partial charge in [-0.25, -0.2) is 0 Å². The summed E-state index contributed by atoms with van der Waals surface area (Å²) in [6.45, 7) is 2.67. The van der Waals surface area contributed by atoms with E-state index in [1.165, 1.54) is 25.1 Å². The summed E-state index contributed by atoms with van der Waals surface area (Å²) in [5.41, 5.74) is 2.02. The predicted molar refractivity (Wildman–Crippen MR) is 118 cm³/mol. The zero-order valence-electron chi connectivity index (χ0n) is 17.6. The number of phenolic OH excluding ortho intramolecular Hbond substituents is 1. The van der Waals surface area contributed by atoms with E-state index in [1.807, 2.05) is 0 Å². The van der Waals surface area contributed by atoms with Gasteiger partial charge in [-0.2, -0.15) is 0 Å². The predicted octanol–water partition coefficient (Wildman–Crippen LogP) is 2.32. The molecule has 7 nitrogen and oxygen atoms in total. The van der Waals surface area contributed by atoms with Crippen LogP contribution in [0.3, 0.4) is 0 Å². The fourth-order valence-electron chi connectivity index (χ4n) is 2.92. The fourth-order valence-corrected chi connectivity index (χ4v) is 2.92. The molecule has 31 heavy (non-hydrogen) atoms. The summed E-state index contributed by atoms with van der Waals surface area (Å²) in [5.74, 6) is -0.0262. The smallest absolute Gasteiger partial charge is 0.121 e. The number of aromatic hydroxyl groups is 2. The number of hydrogen-bond acceptors (Lipinski definition) is 7. The Hall–Kier alpha value is -2.68. The van der Waals surface area contributed by atoms with Crippen LogP contribution in [-0.2, 0) is 18.0 Å². The second-order valence-corrected chi connectivity index (χ2v) is 7.31. The van der Waals surface area contributed by atoms with Gasteiger partial charge >= 0.3 is 0 Å². The van der Waals surface area contributed by atoms with E-state index in [-0.39, 0.29) is 24.7 Å². The van der Waals surface area contributed by atoms with Crippen LogP contribution in [0.25, 0.3) is 12.2 Å². The van der Waals surface area contributed by atoms with Crippen molar-refractivity contribution in [3.05, 3.63) is 70.8 Å². The molecule has 2 rings (SSSR count). The molecule has 0 saturated carbocycles. The van der Waals surface area contributed by atoms with E-state index in [0.717, 1.165) is 0 Å². The first-order chi connectivity index (χ1) is 14.7. The minimum Gasteiger partial charge on any atom is -0.508 e. The number of ether oxygens (including phenoxy) is 1. The van der Waals surface area contributed by atoms with Crippen LogP contribution < -0.4 is 0 Å². The van der Waals surface area contributed by atoms with Crippen LogP contribution in [-0.4, -0.2) is 55.1 Å². The number of aliphatic hydroxyl groups excluding tert-OH is 4. The Kier molecular flexibility index (Phi) is 9.23. The van der Waals surface area contributed by atoms with Crippen molar-refractivity contribution in [3.63, 3.8) is 0 Å². The SMILES string of the molecule is CC(O)C(O)C=Cc1cccc(O)c1COC(C=Cc1cccc(O)c1CO)C(C)O. The molecular weight excluding hydrogens is 400 g/mol. The maximum absolute atomic E-state index is 10.3. The summed E-state index contributed by atoms with van der Waals surface area (Å²) in [6, 6.07) is 9.74. The third kappa shape index (κ3) is 6.92. The van der Waals surface area contributed by atoms with E-state index in [2.05, 4.69) is 0 Å². The Balaban J connectivity index is 2.20. The Morgan fingerprint density at radius 1 is 0.806 bits per heavy atom. The van der Waals surface area contributed by atoms with Crippen LogP contribution in [0.5, 0.6) is 11.5 Å². The number of rotatable bonds is 10. The summed E-state index contributed by atoms with van der Waals surface area (Å²) in [4.78, 5) is 0. The molecule has 0 aliphatic heterocycles. The van der Waals surface area contributed by atoms with Crippen LogP contribution in [0.15, 0.2) is 48.6 Å².